The second kappa shape index (κ2) is 14.0. The Morgan fingerprint density at radius 3 is 1.26 bits per heavy atom. The Hall–Kier alpha value is -2.57. The van der Waals surface area contributed by atoms with E-state index in [1.165, 1.54) is 0 Å². The maximum absolute atomic E-state index is 8.68. The molecule has 2 heterocycles. The summed E-state index contributed by atoms with van der Waals surface area (Å²) in [6, 6.07) is 22.7. The summed E-state index contributed by atoms with van der Waals surface area (Å²) in [4.78, 5) is 2.18. The van der Waals surface area contributed by atoms with Crippen molar-refractivity contribution in [3.63, 3.8) is 0 Å². The van der Waals surface area contributed by atoms with Gasteiger partial charge in [0.25, 0.3) is 0 Å². The van der Waals surface area contributed by atoms with Gasteiger partial charge in [0, 0.05) is 32.8 Å². The predicted octanol–water partition coefficient (Wildman–Crippen LogP) is 0.933. The van der Waals surface area contributed by atoms with Crippen molar-refractivity contribution in [2.45, 2.75) is 13.8 Å². The van der Waals surface area contributed by atoms with Crippen molar-refractivity contribution < 1.29 is 51.3 Å². The van der Waals surface area contributed by atoms with E-state index in [9.17, 15) is 0 Å². The van der Waals surface area contributed by atoms with E-state index in [1.54, 1.807) is 26.0 Å². The monoisotopic (exact) mass is 520 g/mol. The minimum Gasteiger partial charge on any atom is -0.405 e. The molecule has 2 aromatic heterocycles. The van der Waals surface area contributed by atoms with Gasteiger partial charge in [-0.3, -0.25) is 0 Å². The van der Waals surface area contributed by atoms with Gasteiger partial charge in [0.1, 0.15) is 0 Å². The summed E-state index contributed by atoms with van der Waals surface area (Å²) in [5.41, 5.74) is 4.71. The summed E-state index contributed by atoms with van der Waals surface area (Å²) < 4.78 is 9.33. The topological polar surface area (TPSA) is 135 Å². The van der Waals surface area contributed by atoms with Crippen molar-refractivity contribution in [1.29, 1.82) is 0 Å². The van der Waals surface area contributed by atoms with Gasteiger partial charge in [-0.25, -0.2) is 0 Å². The second-order valence-electron chi connectivity index (χ2n) is 6.68. The largest absolute Gasteiger partial charge is 0.729 e. The molecule has 0 aliphatic rings. The van der Waals surface area contributed by atoms with E-state index in [-0.39, 0.29) is 34.1 Å². The summed E-state index contributed by atoms with van der Waals surface area (Å²) in [5.74, 6) is 0. The molecule has 14 heteroatoms. The van der Waals surface area contributed by atoms with Crippen LogP contribution in [0.5, 0.6) is 0 Å². The normalized spacial score (nSPS) is 9.59. The molecule has 0 amide bonds. The van der Waals surface area contributed by atoms with E-state index in [4.69, 9.17) is 20.1 Å². The summed E-state index contributed by atoms with van der Waals surface area (Å²) in [5, 5.41) is 42.9. The molecule has 0 aliphatic carbocycles. The standard InChI is InChI=1S/2C10H11BN2O3.ClH.Ti/c2*1-8-7-10(9-5-3-2-4-6-9)12-13(8)16-11(14)15;;/h2*2-7,14-15H,1H3;1H;. The molecule has 34 heavy (non-hydrogen) atoms. The van der Waals surface area contributed by atoms with E-state index in [2.05, 4.69) is 19.7 Å². The van der Waals surface area contributed by atoms with Crippen LogP contribution in [0.25, 0.3) is 22.5 Å². The summed E-state index contributed by atoms with van der Waals surface area (Å²) >= 11 is 0. The quantitative estimate of drug-likeness (QED) is 0.276. The number of aryl methyl sites for hydroxylation is 2. The van der Waals surface area contributed by atoms with E-state index in [0.29, 0.717) is 11.4 Å². The maximum Gasteiger partial charge on any atom is 0.729 e. The van der Waals surface area contributed by atoms with Gasteiger partial charge in [0.15, 0.2) is 0 Å². The third-order valence-electron chi connectivity index (χ3n) is 4.22. The predicted molar refractivity (Wildman–Crippen MR) is 126 cm³/mol. The van der Waals surface area contributed by atoms with Crippen LogP contribution in [0.1, 0.15) is 11.4 Å². The first-order valence-corrected chi connectivity index (χ1v) is 9.64. The fraction of sp³-hybridized carbons (Fsp3) is 0.100. The van der Waals surface area contributed by atoms with Crippen LogP contribution in [0, 0.1) is 13.8 Å². The first-order chi connectivity index (χ1) is 15.3. The molecule has 0 fully saturated rings. The molecule has 0 radical (unpaired) electrons. The van der Waals surface area contributed by atoms with E-state index >= 15 is 0 Å². The third kappa shape index (κ3) is 8.33. The minimum atomic E-state index is -1.87. The molecule has 4 rings (SSSR count). The van der Waals surface area contributed by atoms with Crippen LogP contribution in [-0.4, -0.2) is 54.6 Å². The summed E-state index contributed by atoms with van der Waals surface area (Å²) in [6.07, 6.45) is 0. The number of hydrogen-bond acceptors (Lipinski definition) is 8. The molecule has 4 N–H and O–H groups in total. The van der Waals surface area contributed by atoms with Gasteiger partial charge in [0.2, 0.25) is 0 Å². The van der Waals surface area contributed by atoms with Crippen molar-refractivity contribution in [1.82, 2.24) is 19.9 Å². The zero-order chi connectivity index (χ0) is 23.1. The van der Waals surface area contributed by atoms with Gasteiger partial charge < -0.3 is 29.6 Å². The molecule has 0 atom stereocenters. The van der Waals surface area contributed by atoms with Crippen LogP contribution in [-0.2, 0) is 21.7 Å². The molecule has 0 aliphatic heterocycles. The van der Waals surface area contributed by atoms with E-state index < -0.39 is 14.6 Å². The van der Waals surface area contributed by atoms with Crippen molar-refractivity contribution in [3.8, 4) is 22.5 Å². The number of halogens is 1. The molecule has 2 aromatic carbocycles. The van der Waals surface area contributed by atoms with Crippen LogP contribution >= 0.6 is 12.4 Å². The number of aromatic nitrogens is 4. The minimum absolute atomic E-state index is 0. The van der Waals surface area contributed by atoms with E-state index in [0.717, 1.165) is 32.2 Å². The van der Waals surface area contributed by atoms with Crippen molar-refractivity contribution in [2.75, 3.05) is 0 Å². The van der Waals surface area contributed by atoms with Gasteiger partial charge in [-0.15, -0.1) is 32.3 Å². The SMILES string of the molecule is Cc1cc(-c2ccccc2)nn1OB(O)O.Cc1cc(-c2ccccc2)nn1OB(O)O.Cl.[Ti]. The first-order valence-electron chi connectivity index (χ1n) is 9.64. The Kier molecular flexibility index (Phi) is 12.1. The average molecular weight is 520 g/mol. The summed E-state index contributed by atoms with van der Waals surface area (Å²) in [6.45, 7) is 3.53. The molecule has 0 saturated carbocycles. The second-order valence-corrected chi connectivity index (χ2v) is 6.68. The Morgan fingerprint density at radius 1 is 0.647 bits per heavy atom. The van der Waals surface area contributed by atoms with Gasteiger partial charge in [-0.1, -0.05) is 60.7 Å². The average Bonchev–Trinajstić information content (AvgIpc) is 3.31. The number of hydrogen-bond donors (Lipinski definition) is 4. The van der Waals surface area contributed by atoms with E-state index in [1.807, 2.05) is 60.7 Å². The van der Waals surface area contributed by atoms with Crippen molar-refractivity contribution >= 4 is 27.0 Å². The number of rotatable bonds is 6. The van der Waals surface area contributed by atoms with Gasteiger partial charge in [-0.2, -0.15) is 0 Å². The molecule has 0 bridgehead atoms. The van der Waals surface area contributed by atoms with Crippen LogP contribution in [0.3, 0.4) is 0 Å². The molecule has 0 unspecified atom stereocenters. The molecule has 0 spiro atoms. The first kappa shape index (κ1) is 29.5. The number of benzene rings is 2. The Labute approximate surface area is 218 Å². The number of nitrogens with zero attached hydrogens (tertiary/aromatic N) is 4. The van der Waals surface area contributed by atoms with Crippen LogP contribution < -0.4 is 9.51 Å². The molecule has 176 valence electrons. The van der Waals surface area contributed by atoms with Crippen LogP contribution in [0.15, 0.2) is 72.8 Å². The molecule has 0 saturated heterocycles. The summed E-state index contributed by atoms with van der Waals surface area (Å²) in [7, 11) is -3.75. The van der Waals surface area contributed by atoms with Crippen molar-refractivity contribution in [2.24, 2.45) is 0 Å². The zero-order valence-electron chi connectivity index (χ0n) is 18.4. The maximum atomic E-state index is 8.68. The zero-order valence-corrected chi connectivity index (χ0v) is 20.8. The molecule has 4 aromatic rings. The van der Waals surface area contributed by atoms with Crippen LogP contribution in [0.2, 0.25) is 0 Å². The Bertz CT molecular complexity index is 1040. The van der Waals surface area contributed by atoms with Gasteiger partial charge in [-0.05, 0) is 26.0 Å². The van der Waals surface area contributed by atoms with Gasteiger partial charge >= 0.3 is 14.6 Å². The van der Waals surface area contributed by atoms with Gasteiger partial charge in [0.05, 0.1) is 22.8 Å². The smallest absolute Gasteiger partial charge is 0.405 e. The van der Waals surface area contributed by atoms with Crippen LogP contribution in [0.4, 0.5) is 0 Å². The Balaban J connectivity index is 0.000000321. The van der Waals surface area contributed by atoms with Crippen molar-refractivity contribution in [3.05, 3.63) is 84.2 Å². The Morgan fingerprint density at radius 2 is 0.971 bits per heavy atom. The third-order valence-corrected chi connectivity index (χ3v) is 4.22. The fourth-order valence-corrected chi connectivity index (χ4v) is 2.81. The molecular weight excluding hydrogens is 497 g/mol. The molecule has 10 nitrogen and oxygen atoms in total. The molecular formula is C20H23B2ClN4O6Ti. The fourth-order valence-electron chi connectivity index (χ4n) is 2.81.